The Balaban J connectivity index is 0.00000529. The van der Waals surface area contributed by atoms with E-state index in [2.05, 4.69) is 15.2 Å². The van der Waals surface area contributed by atoms with Crippen molar-refractivity contribution < 1.29 is 17.9 Å². The largest absolute Gasteiger partial charge is 0.389 e. The van der Waals surface area contributed by atoms with Crippen LogP contribution >= 0.6 is 24.0 Å². The van der Waals surface area contributed by atoms with E-state index < -0.39 is 12.6 Å². The number of rotatable bonds is 8. The number of hydrogen-bond donors (Lipinski definition) is 1. The maximum Gasteiger partial charge on any atom is 0.389 e. The number of ether oxygens (including phenoxy) is 1. The average molecular weight is 465 g/mol. The number of halogens is 4. The van der Waals surface area contributed by atoms with Crippen LogP contribution in [0.4, 0.5) is 13.2 Å². The van der Waals surface area contributed by atoms with E-state index in [-0.39, 0.29) is 30.4 Å². The van der Waals surface area contributed by atoms with Gasteiger partial charge in [-0.1, -0.05) is 0 Å². The Kier molecular flexibility index (Phi) is 12.9. The van der Waals surface area contributed by atoms with Gasteiger partial charge in [0.15, 0.2) is 5.96 Å². The lowest BCUT2D eigenvalue weighted by Crippen LogP contribution is -2.40. The third-order valence-corrected chi connectivity index (χ3v) is 4.04. The van der Waals surface area contributed by atoms with Crippen molar-refractivity contribution in [3.8, 4) is 0 Å². The molecule has 8 heteroatoms. The zero-order chi connectivity index (χ0) is 17.1. The molecule has 0 atom stereocenters. The quantitative estimate of drug-likeness (QED) is 0.254. The van der Waals surface area contributed by atoms with Crippen molar-refractivity contribution >= 4 is 29.9 Å². The fourth-order valence-corrected chi connectivity index (χ4v) is 2.61. The van der Waals surface area contributed by atoms with E-state index in [0.29, 0.717) is 18.9 Å². The molecule has 0 unspecified atom stereocenters. The van der Waals surface area contributed by atoms with Gasteiger partial charge in [-0.15, -0.1) is 24.0 Å². The molecule has 0 aromatic rings. The molecule has 24 heavy (non-hydrogen) atoms. The van der Waals surface area contributed by atoms with Crippen LogP contribution in [-0.4, -0.2) is 56.9 Å². The second-order valence-corrected chi connectivity index (χ2v) is 6.07. The standard InChI is InChI=1S/C16H30F3N3O.HI/c1-3-20-15(21-10-5-4-9-16(17,18)19)22(2)11-6-14-7-12-23-13-8-14;/h14H,3-13H2,1-2H3,(H,20,21);1H. The maximum absolute atomic E-state index is 12.1. The van der Waals surface area contributed by atoms with Gasteiger partial charge >= 0.3 is 6.18 Å². The van der Waals surface area contributed by atoms with E-state index in [9.17, 15) is 13.2 Å². The number of guanidine groups is 1. The molecule has 0 aromatic heterocycles. The summed E-state index contributed by atoms with van der Waals surface area (Å²) >= 11 is 0. The summed E-state index contributed by atoms with van der Waals surface area (Å²) in [5.41, 5.74) is 0. The first kappa shape index (κ1) is 23.8. The maximum atomic E-state index is 12.1. The molecule has 0 aliphatic carbocycles. The molecule has 1 aliphatic rings. The Morgan fingerprint density at radius 3 is 2.50 bits per heavy atom. The summed E-state index contributed by atoms with van der Waals surface area (Å²) in [5, 5.41) is 3.21. The molecule has 1 aliphatic heterocycles. The minimum Gasteiger partial charge on any atom is -0.381 e. The molecule has 0 amide bonds. The van der Waals surface area contributed by atoms with Crippen LogP contribution in [0.3, 0.4) is 0 Å². The smallest absolute Gasteiger partial charge is 0.381 e. The number of hydrogen-bond acceptors (Lipinski definition) is 2. The fraction of sp³-hybridized carbons (Fsp3) is 0.938. The van der Waals surface area contributed by atoms with Crippen molar-refractivity contribution in [3.63, 3.8) is 0 Å². The molecule has 1 N–H and O–H groups in total. The highest BCUT2D eigenvalue weighted by Crippen LogP contribution is 2.22. The predicted molar refractivity (Wildman–Crippen MR) is 102 cm³/mol. The van der Waals surface area contributed by atoms with Crippen LogP contribution < -0.4 is 5.32 Å². The van der Waals surface area contributed by atoms with Crippen LogP contribution in [-0.2, 0) is 4.74 Å². The van der Waals surface area contributed by atoms with Gasteiger partial charge in [-0.3, -0.25) is 4.99 Å². The van der Waals surface area contributed by atoms with E-state index in [1.165, 1.54) is 0 Å². The van der Waals surface area contributed by atoms with Crippen molar-refractivity contribution in [3.05, 3.63) is 0 Å². The normalized spacial score (nSPS) is 16.6. The van der Waals surface area contributed by atoms with E-state index >= 15 is 0 Å². The van der Waals surface area contributed by atoms with Crippen molar-refractivity contribution in [2.45, 2.75) is 51.6 Å². The monoisotopic (exact) mass is 465 g/mol. The summed E-state index contributed by atoms with van der Waals surface area (Å²) in [4.78, 5) is 6.51. The van der Waals surface area contributed by atoms with Gasteiger partial charge in [-0.2, -0.15) is 13.2 Å². The summed E-state index contributed by atoms with van der Waals surface area (Å²) < 4.78 is 41.7. The third-order valence-electron chi connectivity index (χ3n) is 4.04. The van der Waals surface area contributed by atoms with Gasteiger partial charge in [-0.05, 0) is 44.9 Å². The van der Waals surface area contributed by atoms with Crippen LogP contribution in [0.5, 0.6) is 0 Å². The number of nitrogens with zero attached hydrogens (tertiary/aromatic N) is 2. The van der Waals surface area contributed by atoms with Crippen LogP contribution in [0.2, 0.25) is 0 Å². The highest BCUT2D eigenvalue weighted by atomic mass is 127. The number of aliphatic imine (C=N–C) groups is 1. The Labute approximate surface area is 160 Å². The SMILES string of the molecule is CCNC(=NCCCCC(F)(F)F)N(C)CCC1CCOCC1.I. The average Bonchev–Trinajstić information content (AvgIpc) is 2.51. The van der Waals surface area contributed by atoms with Gasteiger partial charge in [0.2, 0.25) is 0 Å². The van der Waals surface area contributed by atoms with Crippen LogP contribution in [0.25, 0.3) is 0 Å². The van der Waals surface area contributed by atoms with Gasteiger partial charge < -0.3 is 15.0 Å². The topological polar surface area (TPSA) is 36.9 Å². The Morgan fingerprint density at radius 2 is 1.92 bits per heavy atom. The van der Waals surface area contributed by atoms with Crippen molar-refractivity contribution in [2.75, 3.05) is 39.9 Å². The molecule has 0 radical (unpaired) electrons. The molecule has 0 spiro atoms. The van der Waals surface area contributed by atoms with Gasteiger partial charge in [0.05, 0.1) is 0 Å². The first-order chi connectivity index (χ1) is 10.9. The van der Waals surface area contributed by atoms with Gasteiger partial charge in [0.25, 0.3) is 0 Å². The van der Waals surface area contributed by atoms with E-state index in [1.54, 1.807) is 0 Å². The van der Waals surface area contributed by atoms with Gasteiger partial charge in [-0.25, -0.2) is 0 Å². The second-order valence-electron chi connectivity index (χ2n) is 6.07. The van der Waals surface area contributed by atoms with E-state index in [0.717, 1.165) is 51.5 Å². The summed E-state index contributed by atoms with van der Waals surface area (Å²) in [6, 6.07) is 0. The first-order valence-electron chi connectivity index (χ1n) is 8.56. The molecular formula is C16H31F3IN3O. The zero-order valence-electron chi connectivity index (χ0n) is 14.7. The Bertz CT molecular complexity index is 348. The van der Waals surface area contributed by atoms with Crippen LogP contribution in [0, 0.1) is 5.92 Å². The molecule has 0 aromatic carbocycles. The number of nitrogens with one attached hydrogen (secondary N) is 1. The van der Waals surface area contributed by atoms with Crippen molar-refractivity contribution in [2.24, 2.45) is 10.9 Å². The van der Waals surface area contributed by atoms with E-state index in [4.69, 9.17) is 4.74 Å². The number of alkyl halides is 3. The van der Waals surface area contributed by atoms with Gasteiger partial charge in [0.1, 0.15) is 0 Å². The van der Waals surface area contributed by atoms with Crippen LogP contribution in [0.15, 0.2) is 4.99 Å². The van der Waals surface area contributed by atoms with Crippen molar-refractivity contribution in [1.82, 2.24) is 10.2 Å². The lowest BCUT2D eigenvalue weighted by Gasteiger charge is -2.26. The molecule has 4 nitrogen and oxygen atoms in total. The van der Waals surface area contributed by atoms with Crippen molar-refractivity contribution in [1.29, 1.82) is 0 Å². The molecule has 1 rings (SSSR count). The molecule has 0 saturated carbocycles. The highest BCUT2D eigenvalue weighted by Gasteiger charge is 2.25. The minimum atomic E-state index is -4.06. The predicted octanol–water partition coefficient (Wildman–Crippen LogP) is 4.05. The number of unbranched alkanes of at least 4 members (excludes halogenated alkanes) is 1. The third kappa shape index (κ3) is 11.3. The summed E-state index contributed by atoms with van der Waals surface area (Å²) in [5.74, 6) is 1.48. The molecule has 144 valence electrons. The van der Waals surface area contributed by atoms with Gasteiger partial charge in [0, 0.05) is 46.3 Å². The van der Waals surface area contributed by atoms with E-state index in [1.807, 2.05) is 14.0 Å². The highest BCUT2D eigenvalue weighted by molar-refractivity contribution is 14.0. The summed E-state index contributed by atoms with van der Waals surface area (Å²) in [6.07, 6.45) is -0.871. The Morgan fingerprint density at radius 1 is 1.25 bits per heavy atom. The lowest BCUT2D eigenvalue weighted by molar-refractivity contribution is -0.135. The molecule has 1 fully saturated rings. The zero-order valence-corrected chi connectivity index (χ0v) is 17.0. The molecule has 0 bridgehead atoms. The lowest BCUT2D eigenvalue weighted by atomic mass is 9.96. The van der Waals surface area contributed by atoms with Crippen LogP contribution in [0.1, 0.15) is 45.4 Å². The first-order valence-corrected chi connectivity index (χ1v) is 8.56. The summed E-state index contributed by atoms with van der Waals surface area (Å²) in [6.45, 7) is 5.77. The fourth-order valence-electron chi connectivity index (χ4n) is 2.61. The molecular weight excluding hydrogens is 434 g/mol. The molecule has 1 saturated heterocycles. The molecule has 1 heterocycles. The second kappa shape index (κ2) is 13.0. The minimum absolute atomic E-state index is 0. The Hall–Kier alpha value is -0.250. The summed E-state index contributed by atoms with van der Waals surface area (Å²) in [7, 11) is 1.98.